The van der Waals surface area contributed by atoms with Crippen LogP contribution >= 0.6 is 12.4 Å². The molecule has 24 heavy (non-hydrogen) atoms. The van der Waals surface area contributed by atoms with Gasteiger partial charge in [-0.25, -0.2) is 0 Å². The van der Waals surface area contributed by atoms with Crippen molar-refractivity contribution in [3.05, 3.63) is 35.4 Å². The SMILES string of the molecule is COCc1ccc(CNC(=O)CN2CCCC(C(=O)O)C2)cc1.Cl. The lowest BCUT2D eigenvalue weighted by Gasteiger charge is -2.29. The molecule has 0 bridgehead atoms. The molecule has 0 aromatic heterocycles. The maximum Gasteiger partial charge on any atom is 0.307 e. The Morgan fingerprint density at radius 1 is 1.29 bits per heavy atom. The Kier molecular flexibility index (Phi) is 8.74. The largest absolute Gasteiger partial charge is 0.481 e. The second-order valence-corrected chi connectivity index (χ2v) is 5.94. The number of hydrogen-bond donors (Lipinski definition) is 2. The van der Waals surface area contributed by atoms with Crippen LogP contribution in [-0.4, -0.2) is 48.6 Å². The molecule has 1 fully saturated rings. The van der Waals surface area contributed by atoms with Crippen molar-refractivity contribution in [3.63, 3.8) is 0 Å². The fraction of sp³-hybridized carbons (Fsp3) is 0.529. The van der Waals surface area contributed by atoms with Crippen LogP contribution in [0.25, 0.3) is 0 Å². The quantitative estimate of drug-likeness (QED) is 0.777. The number of nitrogens with zero attached hydrogens (tertiary/aromatic N) is 1. The molecule has 0 aliphatic carbocycles. The number of benzene rings is 1. The summed E-state index contributed by atoms with van der Waals surface area (Å²) in [7, 11) is 1.66. The maximum absolute atomic E-state index is 12.0. The van der Waals surface area contributed by atoms with Crippen LogP contribution in [0.1, 0.15) is 24.0 Å². The van der Waals surface area contributed by atoms with Crippen LogP contribution in [0.5, 0.6) is 0 Å². The molecule has 1 amide bonds. The molecule has 0 saturated carbocycles. The molecule has 1 aromatic carbocycles. The number of aliphatic carboxylic acids is 1. The number of nitrogens with one attached hydrogen (secondary N) is 1. The smallest absolute Gasteiger partial charge is 0.307 e. The lowest BCUT2D eigenvalue weighted by molar-refractivity contribution is -0.144. The highest BCUT2D eigenvalue weighted by molar-refractivity contribution is 5.85. The molecule has 1 aromatic rings. The van der Waals surface area contributed by atoms with Gasteiger partial charge in [0.2, 0.25) is 5.91 Å². The van der Waals surface area contributed by atoms with Gasteiger partial charge in [-0.15, -0.1) is 12.4 Å². The van der Waals surface area contributed by atoms with E-state index in [2.05, 4.69) is 5.32 Å². The van der Waals surface area contributed by atoms with E-state index in [0.717, 1.165) is 24.1 Å². The van der Waals surface area contributed by atoms with Gasteiger partial charge in [0.15, 0.2) is 0 Å². The summed E-state index contributed by atoms with van der Waals surface area (Å²) in [5.41, 5.74) is 2.12. The van der Waals surface area contributed by atoms with E-state index in [9.17, 15) is 9.59 Å². The van der Waals surface area contributed by atoms with E-state index in [0.29, 0.717) is 26.1 Å². The number of hydrogen-bond acceptors (Lipinski definition) is 4. The lowest BCUT2D eigenvalue weighted by Crippen LogP contribution is -2.44. The van der Waals surface area contributed by atoms with E-state index in [-0.39, 0.29) is 30.8 Å². The highest BCUT2D eigenvalue weighted by Crippen LogP contribution is 2.16. The van der Waals surface area contributed by atoms with Gasteiger partial charge in [0.1, 0.15) is 0 Å². The third kappa shape index (κ3) is 6.47. The number of amides is 1. The van der Waals surface area contributed by atoms with Gasteiger partial charge in [-0.1, -0.05) is 24.3 Å². The maximum atomic E-state index is 12.0. The molecule has 134 valence electrons. The van der Waals surface area contributed by atoms with Crippen molar-refractivity contribution in [2.45, 2.75) is 26.0 Å². The molecule has 0 spiro atoms. The molecular formula is C17H25ClN2O4. The van der Waals surface area contributed by atoms with Gasteiger partial charge >= 0.3 is 5.97 Å². The predicted molar refractivity (Wildman–Crippen MR) is 93.0 cm³/mol. The molecule has 2 rings (SSSR count). The van der Waals surface area contributed by atoms with Crippen molar-refractivity contribution in [2.75, 3.05) is 26.7 Å². The number of likely N-dealkylation sites (tertiary alicyclic amines) is 1. The summed E-state index contributed by atoms with van der Waals surface area (Å²) in [5, 5.41) is 11.9. The number of carbonyl (C=O) groups is 2. The Labute approximate surface area is 148 Å². The zero-order chi connectivity index (χ0) is 16.7. The van der Waals surface area contributed by atoms with E-state index in [1.54, 1.807) is 7.11 Å². The third-order valence-electron chi connectivity index (χ3n) is 4.05. The van der Waals surface area contributed by atoms with Gasteiger partial charge in [0, 0.05) is 20.2 Å². The van der Waals surface area contributed by atoms with Crippen molar-refractivity contribution >= 4 is 24.3 Å². The average Bonchev–Trinajstić information content (AvgIpc) is 2.55. The number of halogens is 1. The molecule has 1 aliphatic rings. The van der Waals surface area contributed by atoms with Crippen molar-refractivity contribution in [1.82, 2.24) is 10.2 Å². The highest BCUT2D eigenvalue weighted by atomic mass is 35.5. The minimum atomic E-state index is -0.772. The Bertz CT molecular complexity index is 536. The second-order valence-electron chi connectivity index (χ2n) is 5.94. The van der Waals surface area contributed by atoms with Crippen LogP contribution in [0, 0.1) is 5.92 Å². The first-order chi connectivity index (χ1) is 11.1. The number of carboxylic acids is 1. The summed E-state index contributed by atoms with van der Waals surface area (Å²) in [6, 6.07) is 7.89. The fourth-order valence-corrected chi connectivity index (χ4v) is 2.78. The van der Waals surface area contributed by atoms with Crippen molar-refractivity contribution < 1.29 is 19.4 Å². The summed E-state index contributed by atoms with van der Waals surface area (Å²) in [4.78, 5) is 25.0. The fourth-order valence-electron chi connectivity index (χ4n) is 2.78. The standard InChI is InChI=1S/C17H24N2O4.ClH/c1-23-12-14-6-4-13(5-7-14)9-18-16(20)11-19-8-2-3-15(10-19)17(21)22;/h4-7,15H,2-3,8-12H2,1H3,(H,18,20)(H,21,22);1H. The number of methoxy groups -OCH3 is 1. The molecule has 7 heteroatoms. The van der Waals surface area contributed by atoms with Crippen LogP contribution in [0.15, 0.2) is 24.3 Å². The molecule has 2 N–H and O–H groups in total. The van der Waals surface area contributed by atoms with Gasteiger partial charge in [-0.2, -0.15) is 0 Å². The Balaban J connectivity index is 0.00000288. The van der Waals surface area contributed by atoms with Gasteiger partial charge in [0.05, 0.1) is 19.1 Å². The normalized spacial score (nSPS) is 17.8. The first-order valence-electron chi connectivity index (χ1n) is 7.87. The van der Waals surface area contributed by atoms with Gasteiger partial charge in [-0.3, -0.25) is 14.5 Å². The first kappa shape index (κ1) is 20.4. The van der Waals surface area contributed by atoms with E-state index in [4.69, 9.17) is 9.84 Å². The molecule has 0 radical (unpaired) electrons. The average molecular weight is 357 g/mol. The lowest BCUT2D eigenvalue weighted by atomic mass is 9.98. The zero-order valence-corrected chi connectivity index (χ0v) is 14.7. The summed E-state index contributed by atoms with van der Waals surface area (Å²) >= 11 is 0. The van der Waals surface area contributed by atoms with E-state index < -0.39 is 5.97 Å². The second kappa shape index (κ2) is 10.3. The van der Waals surface area contributed by atoms with Gasteiger partial charge in [-0.05, 0) is 30.5 Å². The Morgan fingerprint density at radius 2 is 1.96 bits per heavy atom. The predicted octanol–water partition coefficient (Wildman–Crippen LogP) is 1.67. The molecule has 1 unspecified atom stereocenters. The minimum absolute atomic E-state index is 0. The third-order valence-corrected chi connectivity index (χ3v) is 4.05. The molecule has 6 nitrogen and oxygen atoms in total. The first-order valence-corrected chi connectivity index (χ1v) is 7.87. The van der Waals surface area contributed by atoms with E-state index in [1.807, 2.05) is 29.2 Å². The molecule has 1 aliphatic heterocycles. The summed E-state index contributed by atoms with van der Waals surface area (Å²) < 4.78 is 5.06. The number of piperidine rings is 1. The van der Waals surface area contributed by atoms with Crippen molar-refractivity contribution in [1.29, 1.82) is 0 Å². The van der Waals surface area contributed by atoms with E-state index >= 15 is 0 Å². The van der Waals surface area contributed by atoms with Crippen LogP contribution in [0.3, 0.4) is 0 Å². The van der Waals surface area contributed by atoms with Crippen LogP contribution in [0.4, 0.5) is 0 Å². The van der Waals surface area contributed by atoms with Gasteiger partial charge < -0.3 is 15.2 Å². The molecule has 1 heterocycles. The monoisotopic (exact) mass is 356 g/mol. The van der Waals surface area contributed by atoms with Crippen molar-refractivity contribution in [2.24, 2.45) is 5.92 Å². The number of carbonyl (C=O) groups excluding carboxylic acids is 1. The number of rotatable bonds is 7. The molecular weight excluding hydrogens is 332 g/mol. The Morgan fingerprint density at radius 3 is 2.58 bits per heavy atom. The minimum Gasteiger partial charge on any atom is -0.481 e. The summed E-state index contributed by atoms with van der Waals surface area (Å²) in [6.07, 6.45) is 1.52. The number of carboxylic acid groups (broad SMARTS) is 1. The molecule has 1 saturated heterocycles. The Hall–Kier alpha value is -1.63. The highest BCUT2D eigenvalue weighted by Gasteiger charge is 2.26. The summed E-state index contributed by atoms with van der Waals surface area (Å²) in [6.45, 7) is 2.54. The zero-order valence-electron chi connectivity index (χ0n) is 13.9. The number of ether oxygens (including phenoxy) is 1. The van der Waals surface area contributed by atoms with Crippen LogP contribution in [-0.2, 0) is 27.5 Å². The van der Waals surface area contributed by atoms with Gasteiger partial charge in [0.25, 0.3) is 0 Å². The van der Waals surface area contributed by atoms with Crippen LogP contribution in [0.2, 0.25) is 0 Å². The topological polar surface area (TPSA) is 78.9 Å². The van der Waals surface area contributed by atoms with Crippen molar-refractivity contribution in [3.8, 4) is 0 Å². The summed E-state index contributed by atoms with van der Waals surface area (Å²) in [5.74, 6) is -1.20. The van der Waals surface area contributed by atoms with E-state index in [1.165, 1.54) is 0 Å². The van der Waals surface area contributed by atoms with Crippen LogP contribution < -0.4 is 5.32 Å². The molecule has 1 atom stereocenters.